The van der Waals surface area contributed by atoms with Crippen molar-refractivity contribution in [1.29, 1.82) is 0 Å². The zero-order chi connectivity index (χ0) is 12.1. The van der Waals surface area contributed by atoms with E-state index in [0.29, 0.717) is 0 Å². The van der Waals surface area contributed by atoms with E-state index in [-0.39, 0.29) is 13.1 Å². The Morgan fingerprint density at radius 2 is 1.80 bits per heavy atom. The quantitative estimate of drug-likeness (QED) is 0.653. The average molecular weight is 216 g/mol. The summed E-state index contributed by atoms with van der Waals surface area (Å²) in [6.07, 6.45) is 0. The molecule has 15 heavy (non-hydrogen) atoms. The zero-order valence-corrected chi connectivity index (χ0v) is 9.10. The monoisotopic (exact) mass is 216 g/mol. The molecule has 0 aliphatic rings. The van der Waals surface area contributed by atoms with Gasteiger partial charge < -0.3 is 10.2 Å². The third kappa shape index (κ3) is 5.09. The Morgan fingerprint density at radius 3 is 2.20 bits per heavy atom. The van der Waals surface area contributed by atoms with Crippen LogP contribution < -0.4 is 0 Å². The third-order valence-corrected chi connectivity index (χ3v) is 1.92. The van der Waals surface area contributed by atoms with Crippen molar-refractivity contribution < 1.29 is 19.8 Å². The molecule has 0 heterocycles. The summed E-state index contributed by atoms with van der Waals surface area (Å²) >= 11 is 0. The number of aliphatic carboxylic acids is 2. The molecule has 0 saturated carbocycles. The molecular weight excluding hydrogens is 200 g/mol. The molecule has 0 spiro atoms. The highest BCUT2D eigenvalue weighted by atomic mass is 16.4. The highest BCUT2D eigenvalue weighted by molar-refractivity contribution is 5.73. The number of rotatable bonds is 6. The molecule has 1 unspecified atom stereocenters. The molecule has 2 N–H and O–H groups in total. The molecule has 0 aromatic carbocycles. The number of carboxylic acid groups (broad SMARTS) is 2. The Labute approximate surface area is 88.0 Å². The highest BCUT2D eigenvalue weighted by Gasteiger charge is 2.26. The molecule has 0 saturated heterocycles. The van der Waals surface area contributed by atoms with E-state index in [1.807, 2.05) is 0 Å². The second-order valence-electron chi connectivity index (χ2n) is 4.05. The molecule has 6 nitrogen and oxygen atoms in total. The minimum atomic E-state index is -0.962. The van der Waals surface area contributed by atoms with Crippen molar-refractivity contribution in [1.82, 2.24) is 0 Å². The highest BCUT2D eigenvalue weighted by Crippen LogP contribution is 2.15. The fourth-order valence-electron chi connectivity index (χ4n) is 0.553. The second-order valence-corrected chi connectivity index (χ2v) is 4.05. The Bertz CT molecular complexity index is 273. The molecule has 6 heteroatoms. The summed E-state index contributed by atoms with van der Waals surface area (Å²) in [5, 5.41) is 24.6. The van der Waals surface area contributed by atoms with Crippen LogP contribution in [0.1, 0.15) is 20.8 Å². The summed E-state index contributed by atoms with van der Waals surface area (Å²) in [4.78, 5) is 21.1. The zero-order valence-electron chi connectivity index (χ0n) is 9.10. The molecule has 0 fully saturated rings. The van der Waals surface area contributed by atoms with Gasteiger partial charge in [-0.05, 0) is 13.8 Å². The first kappa shape index (κ1) is 13.5. The van der Waals surface area contributed by atoms with Crippen molar-refractivity contribution in [2.75, 3.05) is 13.1 Å². The van der Waals surface area contributed by atoms with E-state index in [1.54, 1.807) is 0 Å². The van der Waals surface area contributed by atoms with Crippen LogP contribution in [0.3, 0.4) is 0 Å². The Morgan fingerprint density at radius 1 is 1.27 bits per heavy atom. The van der Waals surface area contributed by atoms with Crippen LogP contribution in [0, 0.1) is 11.3 Å². The Hall–Kier alpha value is -1.46. The number of carbonyl (C=O) groups is 2. The molecule has 0 aliphatic carbocycles. The SMILES string of the molecule is CC(CN=NCC(C)(C)C(=O)O)C(=O)O. The maximum Gasteiger partial charge on any atom is 0.311 e. The lowest BCUT2D eigenvalue weighted by molar-refractivity contribution is -0.146. The molecule has 0 rings (SSSR count). The molecule has 0 aliphatic heterocycles. The van der Waals surface area contributed by atoms with Gasteiger partial charge in [0, 0.05) is 0 Å². The fourth-order valence-corrected chi connectivity index (χ4v) is 0.553. The van der Waals surface area contributed by atoms with Gasteiger partial charge in [0.1, 0.15) is 0 Å². The van der Waals surface area contributed by atoms with Crippen LogP contribution in [-0.4, -0.2) is 35.2 Å². The fraction of sp³-hybridized carbons (Fsp3) is 0.778. The van der Waals surface area contributed by atoms with Gasteiger partial charge in [-0.2, -0.15) is 10.2 Å². The lowest BCUT2D eigenvalue weighted by atomic mass is 9.94. The molecule has 1 atom stereocenters. The predicted molar refractivity (Wildman–Crippen MR) is 52.8 cm³/mol. The first-order chi connectivity index (χ1) is 6.77. The summed E-state index contributed by atoms with van der Waals surface area (Å²) < 4.78 is 0. The molecule has 0 bridgehead atoms. The molecular formula is C9H16N2O4. The van der Waals surface area contributed by atoms with E-state index in [9.17, 15) is 9.59 Å². The van der Waals surface area contributed by atoms with Crippen LogP contribution in [0.25, 0.3) is 0 Å². The Kier molecular flexibility index (Phi) is 4.90. The summed E-state index contributed by atoms with van der Waals surface area (Å²) in [7, 11) is 0. The number of nitrogens with zero attached hydrogens (tertiary/aromatic N) is 2. The average Bonchev–Trinajstić information content (AvgIpc) is 2.11. The third-order valence-electron chi connectivity index (χ3n) is 1.92. The number of hydrogen-bond donors (Lipinski definition) is 2. The van der Waals surface area contributed by atoms with Crippen LogP contribution in [0.5, 0.6) is 0 Å². The van der Waals surface area contributed by atoms with Crippen molar-refractivity contribution in [3.8, 4) is 0 Å². The smallest absolute Gasteiger partial charge is 0.311 e. The first-order valence-corrected chi connectivity index (χ1v) is 4.57. The Balaban J connectivity index is 4.01. The van der Waals surface area contributed by atoms with Gasteiger partial charge in [0.2, 0.25) is 0 Å². The van der Waals surface area contributed by atoms with E-state index < -0.39 is 23.3 Å². The summed E-state index contributed by atoms with van der Waals surface area (Å²) in [5.41, 5.74) is -0.962. The topological polar surface area (TPSA) is 99.3 Å². The van der Waals surface area contributed by atoms with Gasteiger partial charge in [-0.3, -0.25) is 9.59 Å². The normalized spacial score (nSPS) is 14.1. The van der Waals surface area contributed by atoms with Crippen molar-refractivity contribution in [2.24, 2.45) is 21.6 Å². The minimum absolute atomic E-state index is 0.0503. The van der Waals surface area contributed by atoms with Crippen LogP contribution in [0.15, 0.2) is 10.2 Å². The molecule has 0 aromatic rings. The largest absolute Gasteiger partial charge is 0.481 e. The lowest BCUT2D eigenvalue weighted by Crippen LogP contribution is -2.26. The maximum absolute atomic E-state index is 10.7. The summed E-state index contributed by atoms with van der Waals surface area (Å²) in [6, 6.07) is 0. The first-order valence-electron chi connectivity index (χ1n) is 4.57. The lowest BCUT2D eigenvalue weighted by Gasteiger charge is -2.14. The van der Waals surface area contributed by atoms with E-state index >= 15 is 0 Å². The van der Waals surface area contributed by atoms with Gasteiger partial charge in [0.05, 0.1) is 24.4 Å². The maximum atomic E-state index is 10.7. The number of hydrogen-bond acceptors (Lipinski definition) is 4. The van der Waals surface area contributed by atoms with Crippen molar-refractivity contribution in [3.63, 3.8) is 0 Å². The van der Waals surface area contributed by atoms with Crippen LogP contribution in [-0.2, 0) is 9.59 Å². The minimum Gasteiger partial charge on any atom is -0.481 e. The van der Waals surface area contributed by atoms with Gasteiger partial charge in [0.25, 0.3) is 0 Å². The van der Waals surface area contributed by atoms with Crippen molar-refractivity contribution >= 4 is 11.9 Å². The van der Waals surface area contributed by atoms with E-state index in [4.69, 9.17) is 10.2 Å². The van der Waals surface area contributed by atoms with Gasteiger partial charge in [-0.25, -0.2) is 0 Å². The van der Waals surface area contributed by atoms with Gasteiger partial charge in [-0.1, -0.05) is 6.92 Å². The standard InChI is InChI=1S/C9H16N2O4/c1-6(7(12)13)4-10-11-5-9(2,3)8(14)15/h6H,4-5H2,1-3H3,(H,12,13)(H,14,15). The van der Waals surface area contributed by atoms with E-state index in [2.05, 4.69) is 10.2 Å². The van der Waals surface area contributed by atoms with E-state index in [0.717, 1.165) is 0 Å². The van der Waals surface area contributed by atoms with Gasteiger partial charge in [0.15, 0.2) is 0 Å². The van der Waals surface area contributed by atoms with Crippen LogP contribution >= 0.6 is 0 Å². The molecule has 86 valence electrons. The predicted octanol–water partition coefficient (Wildman–Crippen LogP) is 1.27. The van der Waals surface area contributed by atoms with Crippen molar-refractivity contribution in [2.45, 2.75) is 20.8 Å². The molecule has 0 amide bonds. The summed E-state index contributed by atoms with van der Waals surface area (Å²) in [5.74, 6) is -2.49. The number of carboxylic acids is 2. The van der Waals surface area contributed by atoms with E-state index in [1.165, 1.54) is 20.8 Å². The van der Waals surface area contributed by atoms with Crippen LogP contribution in [0.4, 0.5) is 0 Å². The van der Waals surface area contributed by atoms with Gasteiger partial charge >= 0.3 is 11.9 Å². The second kappa shape index (κ2) is 5.43. The summed E-state index contributed by atoms with van der Waals surface area (Å²) in [6.45, 7) is 4.72. The van der Waals surface area contributed by atoms with Crippen LogP contribution in [0.2, 0.25) is 0 Å². The number of azo groups is 1. The van der Waals surface area contributed by atoms with Gasteiger partial charge in [-0.15, -0.1) is 0 Å². The molecule has 0 radical (unpaired) electrons. The van der Waals surface area contributed by atoms with Crippen molar-refractivity contribution in [3.05, 3.63) is 0 Å². The molecule has 0 aromatic heterocycles.